The van der Waals surface area contributed by atoms with Crippen LogP contribution in [0.4, 0.5) is 0 Å². The number of rotatable bonds is 6. The van der Waals surface area contributed by atoms with Crippen LogP contribution in [0.15, 0.2) is 71.5 Å². The van der Waals surface area contributed by atoms with E-state index in [1.165, 1.54) is 0 Å². The van der Waals surface area contributed by atoms with Gasteiger partial charge in [-0.2, -0.15) is 4.68 Å². The summed E-state index contributed by atoms with van der Waals surface area (Å²) in [5.41, 5.74) is 0.964. The summed E-state index contributed by atoms with van der Waals surface area (Å²) in [5.74, 6) is -1.19. The molecular formula is C23H20N4O4. The molecule has 0 radical (unpaired) electrons. The monoisotopic (exact) mass is 416 g/mol. The normalized spacial score (nSPS) is 11.9. The summed E-state index contributed by atoms with van der Waals surface area (Å²) < 4.78 is 5.94. The van der Waals surface area contributed by atoms with Crippen LogP contribution < -0.4 is 10.9 Å². The topological polar surface area (TPSA) is 103 Å². The van der Waals surface area contributed by atoms with Gasteiger partial charge in [0.2, 0.25) is 0 Å². The van der Waals surface area contributed by atoms with Crippen LogP contribution in [0.2, 0.25) is 0 Å². The molecule has 1 amide bonds. The summed E-state index contributed by atoms with van der Waals surface area (Å²) in [6, 6.07) is 20.2. The number of hydrogen-bond donors (Lipinski definition) is 1. The molecular weight excluding hydrogens is 396 g/mol. The van der Waals surface area contributed by atoms with Gasteiger partial charge >= 0.3 is 5.97 Å². The lowest BCUT2D eigenvalue weighted by Crippen LogP contribution is -2.33. The molecule has 1 aromatic heterocycles. The summed E-state index contributed by atoms with van der Waals surface area (Å²) in [6.07, 6.45) is 0. The van der Waals surface area contributed by atoms with Crippen molar-refractivity contribution in [3.05, 3.63) is 82.6 Å². The molecule has 1 atom stereocenters. The van der Waals surface area contributed by atoms with Crippen molar-refractivity contribution in [3.8, 4) is 0 Å². The Morgan fingerprint density at radius 1 is 1.00 bits per heavy atom. The van der Waals surface area contributed by atoms with Gasteiger partial charge < -0.3 is 10.1 Å². The number of hydrogen-bond acceptors (Lipinski definition) is 6. The van der Waals surface area contributed by atoms with Gasteiger partial charge in [-0.05, 0) is 35.4 Å². The van der Waals surface area contributed by atoms with E-state index in [2.05, 4.69) is 15.6 Å². The van der Waals surface area contributed by atoms with E-state index in [4.69, 9.17) is 4.74 Å². The number of fused-ring (bicyclic) bond motifs is 2. The summed E-state index contributed by atoms with van der Waals surface area (Å²) in [7, 11) is 0. The second-order valence-electron chi connectivity index (χ2n) is 7.09. The zero-order valence-electron chi connectivity index (χ0n) is 16.8. The summed E-state index contributed by atoms with van der Waals surface area (Å²) in [4.78, 5) is 36.8. The van der Waals surface area contributed by atoms with Crippen molar-refractivity contribution in [1.82, 2.24) is 20.3 Å². The smallest absolute Gasteiger partial charge is 0.328 e. The molecule has 3 aromatic carbocycles. The fourth-order valence-electron chi connectivity index (χ4n) is 3.43. The van der Waals surface area contributed by atoms with Gasteiger partial charge in [-0.15, -0.1) is 5.10 Å². The van der Waals surface area contributed by atoms with Crippen molar-refractivity contribution < 1.29 is 14.3 Å². The fourth-order valence-corrected chi connectivity index (χ4v) is 3.43. The van der Waals surface area contributed by atoms with Crippen LogP contribution in [-0.4, -0.2) is 33.5 Å². The third-order valence-electron chi connectivity index (χ3n) is 4.94. The molecule has 1 unspecified atom stereocenters. The number of aromatic nitrogens is 3. The van der Waals surface area contributed by atoms with Gasteiger partial charge in [-0.1, -0.05) is 59.8 Å². The van der Waals surface area contributed by atoms with E-state index in [0.717, 1.165) is 21.0 Å². The van der Waals surface area contributed by atoms with Crippen molar-refractivity contribution in [2.75, 3.05) is 6.61 Å². The van der Waals surface area contributed by atoms with Crippen LogP contribution in [0.1, 0.15) is 18.5 Å². The standard InChI is InChI=1S/C23H20N4O4/c1-15(17-11-6-8-16-7-2-3-9-18(16)17)24-21(28)14-31-22(29)13-27-23(30)19-10-4-5-12-20(19)25-26-27/h2-12,15H,13-14H2,1H3,(H,24,28). The lowest BCUT2D eigenvalue weighted by molar-refractivity contribution is -0.149. The van der Waals surface area contributed by atoms with Crippen molar-refractivity contribution in [2.24, 2.45) is 0 Å². The van der Waals surface area contributed by atoms with E-state index in [1.54, 1.807) is 24.3 Å². The maximum absolute atomic E-state index is 12.4. The molecule has 1 heterocycles. The minimum Gasteiger partial charge on any atom is -0.454 e. The summed E-state index contributed by atoms with van der Waals surface area (Å²) in [6.45, 7) is 0.984. The Morgan fingerprint density at radius 2 is 1.71 bits per heavy atom. The molecule has 0 fully saturated rings. The van der Waals surface area contributed by atoms with Crippen molar-refractivity contribution in [1.29, 1.82) is 0 Å². The van der Waals surface area contributed by atoms with E-state index in [1.807, 2.05) is 49.4 Å². The first-order valence-electron chi connectivity index (χ1n) is 9.78. The summed E-state index contributed by atoms with van der Waals surface area (Å²) in [5, 5.41) is 13.0. The number of amides is 1. The highest BCUT2D eigenvalue weighted by molar-refractivity contribution is 5.87. The van der Waals surface area contributed by atoms with Crippen LogP contribution in [0.3, 0.4) is 0 Å². The largest absolute Gasteiger partial charge is 0.454 e. The molecule has 0 spiro atoms. The van der Waals surface area contributed by atoms with Crippen LogP contribution in [0.5, 0.6) is 0 Å². The number of ether oxygens (including phenoxy) is 1. The summed E-state index contributed by atoms with van der Waals surface area (Å²) >= 11 is 0. The minimum atomic E-state index is -0.750. The quantitative estimate of drug-likeness (QED) is 0.484. The molecule has 0 saturated heterocycles. The van der Waals surface area contributed by atoms with Gasteiger partial charge in [0.15, 0.2) is 6.61 Å². The first-order valence-corrected chi connectivity index (χ1v) is 9.78. The van der Waals surface area contributed by atoms with E-state index >= 15 is 0 Å². The molecule has 0 aliphatic rings. The Hall–Kier alpha value is -4.07. The van der Waals surface area contributed by atoms with Crippen LogP contribution in [-0.2, 0) is 20.9 Å². The van der Waals surface area contributed by atoms with Gasteiger partial charge in [0.05, 0.1) is 11.4 Å². The number of nitrogens with one attached hydrogen (secondary N) is 1. The van der Waals surface area contributed by atoms with E-state index in [0.29, 0.717) is 10.9 Å². The average Bonchev–Trinajstić information content (AvgIpc) is 2.79. The zero-order valence-corrected chi connectivity index (χ0v) is 16.8. The Bertz CT molecular complexity index is 1330. The van der Waals surface area contributed by atoms with Crippen LogP contribution in [0.25, 0.3) is 21.7 Å². The highest BCUT2D eigenvalue weighted by Gasteiger charge is 2.15. The molecule has 4 aromatic rings. The number of carbonyl (C=O) groups is 2. The third kappa shape index (κ3) is 4.42. The maximum atomic E-state index is 12.4. The van der Waals surface area contributed by atoms with Gasteiger partial charge in [-0.3, -0.25) is 14.4 Å². The highest BCUT2D eigenvalue weighted by atomic mass is 16.5. The Kier molecular flexibility index (Phi) is 5.70. The lowest BCUT2D eigenvalue weighted by Gasteiger charge is -2.16. The van der Waals surface area contributed by atoms with Crippen molar-refractivity contribution in [2.45, 2.75) is 19.5 Å². The number of nitrogens with zero attached hydrogens (tertiary/aromatic N) is 3. The first-order chi connectivity index (χ1) is 15.0. The Labute approximate surface area is 177 Å². The zero-order chi connectivity index (χ0) is 21.8. The molecule has 1 N–H and O–H groups in total. The molecule has 0 aliphatic carbocycles. The molecule has 0 bridgehead atoms. The van der Waals surface area contributed by atoms with Gasteiger partial charge in [0, 0.05) is 0 Å². The first kappa shape index (κ1) is 20.2. The van der Waals surface area contributed by atoms with E-state index < -0.39 is 30.6 Å². The van der Waals surface area contributed by atoms with Crippen LogP contribution >= 0.6 is 0 Å². The maximum Gasteiger partial charge on any atom is 0.328 e. The van der Waals surface area contributed by atoms with E-state index in [9.17, 15) is 14.4 Å². The number of benzene rings is 3. The minimum absolute atomic E-state index is 0.272. The molecule has 8 nitrogen and oxygen atoms in total. The number of esters is 1. The predicted octanol–water partition coefficient (Wildman–Crippen LogP) is 2.37. The molecule has 8 heteroatoms. The third-order valence-corrected chi connectivity index (χ3v) is 4.94. The molecule has 31 heavy (non-hydrogen) atoms. The van der Waals surface area contributed by atoms with Crippen molar-refractivity contribution >= 4 is 33.6 Å². The lowest BCUT2D eigenvalue weighted by atomic mass is 10.00. The fraction of sp³-hybridized carbons (Fsp3) is 0.174. The molecule has 0 aliphatic heterocycles. The second-order valence-corrected chi connectivity index (χ2v) is 7.09. The van der Waals surface area contributed by atoms with E-state index in [-0.39, 0.29) is 6.04 Å². The van der Waals surface area contributed by atoms with Gasteiger partial charge in [0.25, 0.3) is 11.5 Å². The highest BCUT2D eigenvalue weighted by Crippen LogP contribution is 2.23. The SMILES string of the molecule is CC(NC(=O)COC(=O)Cn1nnc2ccccc2c1=O)c1cccc2ccccc12. The van der Waals surface area contributed by atoms with Crippen molar-refractivity contribution in [3.63, 3.8) is 0 Å². The van der Waals surface area contributed by atoms with Crippen LogP contribution in [0, 0.1) is 0 Å². The Balaban J connectivity index is 1.36. The van der Waals surface area contributed by atoms with Gasteiger partial charge in [-0.25, -0.2) is 0 Å². The second kappa shape index (κ2) is 8.74. The molecule has 156 valence electrons. The Morgan fingerprint density at radius 3 is 2.55 bits per heavy atom. The average molecular weight is 416 g/mol. The molecule has 0 saturated carbocycles. The number of carbonyl (C=O) groups excluding carboxylic acids is 2. The van der Waals surface area contributed by atoms with Gasteiger partial charge in [0.1, 0.15) is 12.1 Å². The molecule has 4 rings (SSSR count). The predicted molar refractivity (Wildman–Crippen MR) is 115 cm³/mol.